The molecular formula is C12H23N5S. The van der Waals surface area contributed by atoms with E-state index in [0.717, 1.165) is 36.8 Å². The summed E-state index contributed by atoms with van der Waals surface area (Å²) >= 11 is 5.30. The van der Waals surface area contributed by atoms with Crippen molar-refractivity contribution in [2.45, 2.75) is 45.8 Å². The first-order valence-corrected chi connectivity index (χ1v) is 7.07. The first-order chi connectivity index (χ1) is 8.54. The fourth-order valence-corrected chi connectivity index (χ4v) is 2.76. The number of anilines is 1. The Morgan fingerprint density at radius 1 is 1.33 bits per heavy atom. The van der Waals surface area contributed by atoms with Crippen LogP contribution in [0.15, 0.2) is 0 Å². The van der Waals surface area contributed by atoms with Gasteiger partial charge in [0.25, 0.3) is 0 Å². The standard InChI is InChI=1S/C12H23N5S/c1-5-6-17-11(13-14-12(17)18)16-7-9(2)15(4)10(3)8-16/h9-10H,5-8H2,1-4H3,(H,14,18). The minimum absolute atomic E-state index is 0.536. The van der Waals surface area contributed by atoms with Gasteiger partial charge >= 0.3 is 0 Å². The summed E-state index contributed by atoms with van der Waals surface area (Å²) in [6.45, 7) is 9.62. The molecular weight excluding hydrogens is 246 g/mol. The van der Waals surface area contributed by atoms with Crippen molar-refractivity contribution in [3.05, 3.63) is 4.77 Å². The largest absolute Gasteiger partial charge is 0.338 e. The van der Waals surface area contributed by atoms with E-state index in [-0.39, 0.29) is 0 Å². The highest BCUT2D eigenvalue weighted by molar-refractivity contribution is 7.71. The monoisotopic (exact) mass is 269 g/mol. The number of aromatic nitrogens is 3. The van der Waals surface area contributed by atoms with Crippen molar-refractivity contribution >= 4 is 18.2 Å². The molecule has 2 unspecified atom stereocenters. The number of hydrogen-bond acceptors (Lipinski definition) is 4. The number of H-pyrrole nitrogens is 1. The van der Waals surface area contributed by atoms with Crippen LogP contribution in [0.25, 0.3) is 0 Å². The molecule has 102 valence electrons. The number of nitrogens with zero attached hydrogens (tertiary/aromatic N) is 4. The third-order valence-corrected chi connectivity index (χ3v) is 4.14. The Morgan fingerprint density at radius 3 is 2.50 bits per heavy atom. The maximum Gasteiger partial charge on any atom is 0.225 e. The Bertz CT molecular complexity index is 440. The number of likely N-dealkylation sites (N-methyl/N-ethyl adjacent to an activating group) is 1. The van der Waals surface area contributed by atoms with Crippen molar-refractivity contribution < 1.29 is 0 Å². The topological polar surface area (TPSA) is 40.1 Å². The van der Waals surface area contributed by atoms with E-state index in [1.54, 1.807) is 0 Å². The fourth-order valence-electron chi connectivity index (χ4n) is 2.54. The van der Waals surface area contributed by atoms with E-state index in [4.69, 9.17) is 12.2 Å². The molecule has 0 spiro atoms. The molecule has 6 heteroatoms. The highest BCUT2D eigenvalue weighted by Gasteiger charge is 2.28. The summed E-state index contributed by atoms with van der Waals surface area (Å²) in [7, 11) is 2.19. The van der Waals surface area contributed by atoms with E-state index in [2.05, 4.69) is 52.4 Å². The molecule has 18 heavy (non-hydrogen) atoms. The second-order valence-corrected chi connectivity index (χ2v) is 5.64. The first-order valence-electron chi connectivity index (χ1n) is 6.66. The zero-order chi connectivity index (χ0) is 13.3. The van der Waals surface area contributed by atoms with Crippen LogP contribution >= 0.6 is 12.2 Å². The van der Waals surface area contributed by atoms with Crippen molar-refractivity contribution in [2.75, 3.05) is 25.0 Å². The smallest absolute Gasteiger partial charge is 0.225 e. The molecule has 1 aliphatic heterocycles. The Hall–Kier alpha value is -0.880. The predicted molar refractivity (Wildman–Crippen MR) is 76.6 cm³/mol. The van der Waals surface area contributed by atoms with E-state index in [9.17, 15) is 0 Å². The Balaban J connectivity index is 2.24. The lowest BCUT2D eigenvalue weighted by Gasteiger charge is -2.42. The van der Waals surface area contributed by atoms with Crippen LogP contribution in [0.3, 0.4) is 0 Å². The maximum absolute atomic E-state index is 5.30. The zero-order valence-corrected chi connectivity index (χ0v) is 12.5. The molecule has 1 N–H and O–H groups in total. The molecule has 1 aromatic heterocycles. The minimum atomic E-state index is 0.536. The van der Waals surface area contributed by atoms with Crippen molar-refractivity contribution in [1.82, 2.24) is 19.7 Å². The fraction of sp³-hybridized carbons (Fsp3) is 0.833. The molecule has 2 heterocycles. The number of rotatable bonds is 3. The van der Waals surface area contributed by atoms with E-state index >= 15 is 0 Å². The van der Waals surface area contributed by atoms with Crippen LogP contribution in [0.1, 0.15) is 27.2 Å². The van der Waals surface area contributed by atoms with Crippen LogP contribution in [-0.4, -0.2) is 51.9 Å². The molecule has 2 rings (SSSR count). The molecule has 0 aromatic carbocycles. The molecule has 0 bridgehead atoms. The highest BCUT2D eigenvalue weighted by atomic mass is 32.1. The number of piperazine rings is 1. The lowest BCUT2D eigenvalue weighted by atomic mass is 10.1. The summed E-state index contributed by atoms with van der Waals surface area (Å²) in [5, 5.41) is 7.33. The van der Waals surface area contributed by atoms with Crippen LogP contribution < -0.4 is 4.90 Å². The quantitative estimate of drug-likeness (QED) is 0.851. The van der Waals surface area contributed by atoms with E-state index in [0.29, 0.717) is 12.1 Å². The van der Waals surface area contributed by atoms with Gasteiger partial charge < -0.3 is 4.90 Å². The van der Waals surface area contributed by atoms with Gasteiger partial charge in [-0.3, -0.25) is 9.47 Å². The minimum Gasteiger partial charge on any atom is -0.338 e. The summed E-state index contributed by atoms with van der Waals surface area (Å²) in [5.74, 6) is 0.994. The van der Waals surface area contributed by atoms with Gasteiger partial charge in [0.2, 0.25) is 5.95 Å². The van der Waals surface area contributed by atoms with Gasteiger partial charge in [-0.1, -0.05) is 6.92 Å². The van der Waals surface area contributed by atoms with Crippen molar-refractivity contribution in [1.29, 1.82) is 0 Å². The average Bonchev–Trinajstić information content (AvgIpc) is 2.68. The summed E-state index contributed by atoms with van der Waals surface area (Å²) in [6.07, 6.45) is 1.07. The van der Waals surface area contributed by atoms with Crippen molar-refractivity contribution in [2.24, 2.45) is 0 Å². The van der Waals surface area contributed by atoms with Gasteiger partial charge in [0.1, 0.15) is 0 Å². The molecule has 1 fully saturated rings. The lowest BCUT2D eigenvalue weighted by Crippen LogP contribution is -2.55. The van der Waals surface area contributed by atoms with Gasteiger partial charge in [0.05, 0.1) is 0 Å². The molecule has 0 saturated carbocycles. The third kappa shape index (κ3) is 2.44. The van der Waals surface area contributed by atoms with Gasteiger partial charge in [-0.25, -0.2) is 5.10 Å². The first kappa shape index (κ1) is 13.5. The highest BCUT2D eigenvalue weighted by Crippen LogP contribution is 2.20. The van der Waals surface area contributed by atoms with Gasteiger partial charge in [-0.15, -0.1) is 5.10 Å². The molecule has 5 nitrogen and oxygen atoms in total. The summed E-state index contributed by atoms with van der Waals surface area (Å²) in [5.41, 5.74) is 0. The van der Waals surface area contributed by atoms with Gasteiger partial charge in [-0.05, 0) is 39.5 Å². The second kappa shape index (κ2) is 5.40. The molecule has 0 amide bonds. The lowest BCUT2D eigenvalue weighted by molar-refractivity contribution is 0.168. The molecule has 0 radical (unpaired) electrons. The van der Waals surface area contributed by atoms with E-state index in [1.807, 2.05) is 0 Å². The number of hydrogen-bond donors (Lipinski definition) is 1. The predicted octanol–water partition coefficient (Wildman–Crippen LogP) is 1.88. The Morgan fingerprint density at radius 2 is 1.94 bits per heavy atom. The van der Waals surface area contributed by atoms with Crippen LogP contribution in [-0.2, 0) is 6.54 Å². The number of nitrogens with one attached hydrogen (secondary N) is 1. The van der Waals surface area contributed by atoms with E-state index in [1.165, 1.54) is 0 Å². The summed E-state index contributed by atoms with van der Waals surface area (Å²) < 4.78 is 2.84. The Labute approximate surface area is 114 Å². The van der Waals surface area contributed by atoms with E-state index < -0.39 is 0 Å². The van der Waals surface area contributed by atoms with Crippen LogP contribution in [0.2, 0.25) is 0 Å². The average molecular weight is 269 g/mol. The number of aromatic amines is 1. The summed E-state index contributed by atoms with van der Waals surface area (Å²) in [6, 6.07) is 1.07. The van der Waals surface area contributed by atoms with Crippen molar-refractivity contribution in [3.8, 4) is 0 Å². The SMILES string of the molecule is CCCn1c(N2CC(C)N(C)C(C)C2)n[nH]c1=S. The molecule has 2 atom stereocenters. The van der Waals surface area contributed by atoms with Gasteiger partial charge in [0, 0.05) is 31.7 Å². The van der Waals surface area contributed by atoms with Gasteiger partial charge in [-0.2, -0.15) is 0 Å². The normalized spacial score (nSPS) is 25.7. The second-order valence-electron chi connectivity index (χ2n) is 5.25. The van der Waals surface area contributed by atoms with Crippen LogP contribution in [0.5, 0.6) is 0 Å². The summed E-state index contributed by atoms with van der Waals surface area (Å²) in [4.78, 5) is 4.76. The zero-order valence-electron chi connectivity index (χ0n) is 11.7. The van der Waals surface area contributed by atoms with Crippen molar-refractivity contribution in [3.63, 3.8) is 0 Å². The van der Waals surface area contributed by atoms with Crippen LogP contribution in [0, 0.1) is 4.77 Å². The Kier molecular flexibility index (Phi) is 4.07. The maximum atomic E-state index is 5.30. The van der Waals surface area contributed by atoms with Gasteiger partial charge in [0.15, 0.2) is 4.77 Å². The molecule has 1 aromatic rings. The molecule has 1 saturated heterocycles. The molecule has 1 aliphatic rings. The molecule has 0 aliphatic carbocycles. The van der Waals surface area contributed by atoms with Crippen LogP contribution in [0.4, 0.5) is 5.95 Å². The third-order valence-electron chi connectivity index (χ3n) is 3.83.